The zero-order chi connectivity index (χ0) is 14.4. The molecule has 1 aliphatic heterocycles. The third-order valence-electron chi connectivity index (χ3n) is 3.92. The highest BCUT2D eigenvalue weighted by Crippen LogP contribution is 2.23. The van der Waals surface area contributed by atoms with E-state index in [4.69, 9.17) is 10.5 Å². The lowest BCUT2D eigenvalue weighted by atomic mass is 10.0. The van der Waals surface area contributed by atoms with Gasteiger partial charge >= 0.3 is 0 Å². The molecular weight excluding hydrogens is 248 g/mol. The first-order chi connectivity index (χ1) is 9.74. The molecular formula is C17H24N2O. The van der Waals surface area contributed by atoms with Crippen molar-refractivity contribution in [2.45, 2.75) is 38.8 Å². The van der Waals surface area contributed by atoms with E-state index in [9.17, 15) is 0 Å². The van der Waals surface area contributed by atoms with Gasteiger partial charge in [-0.25, -0.2) is 0 Å². The van der Waals surface area contributed by atoms with Gasteiger partial charge < -0.3 is 10.5 Å². The molecule has 1 aromatic carbocycles. The van der Waals surface area contributed by atoms with Gasteiger partial charge in [-0.3, -0.25) is 4.90 Å². The monoisotopic (exact) mass is 272 g/mol. The summed E-state index contributed by atoms with van der Waals surface area (Å²) in [5.74, 6) is 6.82. The Morgan fingerprint density at radius 2 is 2.25 bits per heavy atom. The number of hydrogen-bond acceptors (Lipinski definition) is 3. The summed E-state index contributed by atoms with van der Waals surface area (Å²) in [4.78, 5) is 2.55. The average molecular weight is 272 g/mol. The number of benzene rings is 1. The fraction of sp³-hybridized carbons (Fsp3) is 0.529. The van der Waals surface area contributed by atoms with Gasteiger partial charge in [-0.15, -0.1) is 0 Å². The number of nitrogens with zero attached hydrogens (tertiary/aromatic N) is 1. The molecule has 1 aromatic rings. The predicted molar refractivity (Wildman–Crippen MR) is 82.6 cm³/mol. The van der Waals surface area contributed by atoms with Gasteiger partial charge in [0.05, 0.1) is 19.2 Å². The minimum atomic E-state index is 0.372. The number of ether oxygens (including phenoxy) is 1. The summed E-state index contributed by atoms with van der Waals surface area (Å²) in [6.45, 7) is 4.87. The highest BCUT2D eigenvalue weighted by Gasteiger charge is 2.18. The summed E-state index contributed by atoms with van der Waals surface area (Å²) in [5.41, 5.74) is 7.67. The molecule has 0 radical (unpaired) electrons. The second-order valence-electron chi connectivity index (χ2n) is 5.36. The standard InChI is InChI=1S/C17H24N2O/c1-14-6-3-4-11-19(14)13-15-8-9-17(20-2)16(12-15)7-5-10-18/h8-9,12,14H,3-4,6,10-11,13,18H2,1-2H3. The van der Waals surface area contributed by atoms with E-state index < -0.39 is 0 Å². The van der Waals surface area contributed by atoms with Gasteiger partial charge in [0.25, 0.3) is 0 Å². The molecule has 0 bridgehead atoms. The zero-order valence-corrected chi connectivity index (χ0v) is 12.5. The number of likely N-dealkylation sites (tertiary alicyclic amines) is 1. The largest absolute Gasteiger partial charge is 0.495 e. The van der Waals surface area contributed by atoms with Crippen LogP contribution in [0.4, 0.5) is 0 Å². The van der Waals surface area contributed by atoms with Crippen molar-refractivity contribution in [3.05, 3.63) is 29.3 Å². The van der Waals surface area contributed by atoms with Crippen LogP contribution in [0.25, 0.3) is 0 Å². The van der Waals surface area contributed by atoms with E-state index in [0.717, 1.165) is 17.9 Å². The van der Waals surface area contributed by atoms with Crippen molar-refractivity contribution in [1.29, 1.82) is 0 Å². The van der Waals surface area contributed by atoms with Crippen LogP contribution < -0.4 is 10.5 Å². The van der Waals surface area contributed by atoms with Gasteiger partial charge in [0.15, 0.2) is 0 Å². The van der Waals surface area contributed by atoms with E-state index >= 15 is 0 Å². The van der Waals surface area contributed by atoms with Crippen molar-refractivity contribution in [3.63, 3.8) is 0 Å². The topological polar surface area (TPSA) is 38.5 Å². The Labute approximate surface area is 122 Å². The SMILES string of the molecule is COc1ccc(CN2CCCCC2C)cc1C#CCN. The summed E-state index contributed by atoms with van der Waals surface area (Å²) in [5, 5.41) is 0. The van der Waals surface area contributed by atoms with E-state index in [1.54, 1.807) is 7.11 Å². The minimum absolute atomic E-state index is 0.372. The van der Waals surface area contributed by atoms with E-state index in [1.165, 1.54) is 31.4 Å². The Balaban J connectivity index is 2.15. The molecule has 1 fully saturated rings. The maximum Gasteiger partial charge on any atom is 0.134 e. The molecule has 1 unspecified atom stereocenters. The molecule has 3 nitrogen and oxygen atoms in total. The van der Waals surface area contributed by atoms with Crippen LogP contribution in [0, 0.1) is 11.8 Å². The highest BCUT2D eigenvalue weighted by molar-refractivity contribution is 5.48. The molecule has 3 heteroatoms. The lowest BCUT2D eigenvalue weighted by Gasteiger charge is -2.33. The molecule has 0 spiro atoms. The third-order valence-corrected chi connectivity index (χ3v) is 3.92. The molecule has 2 rings (SSSR count). The Morgan fingerprint density at radius 1 is 1.40 bits per heavy atom. The van der Waals surface area contributed by atoms with Gasteiger partial charge in [-0.1, -0.05) is 24.3 Å². The fourth-order valence-corrected chi connectivity index (χ4v) is 2.72. The molecule has 0 aromatic heterocycles. The molecule has 108 valence electrons. The zero-order valence-electron chi connectivity index (χ0n) is 12.5. The van der Waals surface area contributed by atoms with Crippen LogP contribution in [0.1, 0.15) is 37.3 Å². The summed E-state index contributed by atoms with van der Waals surface area (Å²) in [6.07, 6.45) is 3.96. The van der Waals surface area contributed by atoms with Gasteiger partial charge in [-0.05, 0) is 44.0 Å². The molecule has 20 heavy (non-hydrogen) atoms. The first-order valence-electron chi connectivity index (χ1n) is 7.34. The number of piperidine rings is 1. The van der Waals surface area contributed by atoms with Crippen molar-refractivity contribution in [3.8, 4) is 17.6 Å². The molecule has 1 atom stereocenters. The first-order valence-corrected chi connectivity index (χ1v) is 7.34. The van der Waals surface area contributed by atoms with Gasteiger partial charge in [0.2, 0.25) is 0 Å². The summed E-state index contributed by atoms with van der Waals surface area (Å²) in [7, 11) is 1.68. The van der Waals surface area contributed by atoms with E-state index in [2.05, 4.69) is 35.8 Å². The Kier molecular flexibility index (Phi) is 5.46. The van der Waals surface area contributed by atoms with Gasteiger partial charge in [0, 0.05) is 12.6 Å². The quantitative estimate of drug-likeness (QED) is 0.859. The summed E-state index contributed by atoms with van der Waals surface area (Å²) < 4.78 is 5.35. The maximum atomic E-state index is 5.45. The van der Waals surface area contributed by atoms with Gasteiger partial charge in [-0.2, -0.15) is 0 Å². The van der Waals surface area contributed by atoms with Crippen LogP contribution >= 0.6 is 0 Å². The predicted octanol–water partition coefficient (Wildman–Crippen LogP) is 2.38. The highest BCUT2D eigenvalue weighted by atomic mass is 16.5. The molecule has 2 N–H and O–H groups in total. The normalized spacial score (nSPS) is 19.2. The van der Waals surface area contributed by atoms with E-state index in [0.29, 0.717) is 12.6 Å². The van der Waals surface area contributed by atoms with E-state index in [1.807, 2.05) is 6.07 Å². The van der Waals surface area contributed by atoms with Crippen LogP contribution in [0.2, 0.25) is 0 Å². The third kappa shape index (κ3) is 3.75. The molecule has 1 aliphatic rings. The number of rotatable bonds is 3. The Hall–Kier alpha value is -1.50. The summed E-state index contributed by atoms with van der Waals surface area (Å²) in [6, 6.07) is 6.94. The van der Waals surface area contributed by atoms with Crippen LogP contribution in [-0.4, -0.2) is 31.1 Å². The molecule has 1 heterocycles. The maximum absolute atomic E-state index is 5.45. The van der Waals surface area contributed by atoms with Crippen LogP contribution in [-0.2, 0) is 6.54 Å². The van der Waals surface area contributed by atoms with Crippen LogP contribution in [0.15, 0.2) is 18.2 Å². The second kappa shape index (κ2) is 7.33. The molecule has 1 saturated heterocycles. The van der Waals surface area contributed by atoms with Crippen molar-refractivity contribution >= 4 is 0 Å². The second-order valence-corrected chi connectivity index (χ2v) is 5.36. The minimum Gasteiger partial charge on any atom is -0.495 e. The number of nitrogens with two attached hydrogens (primary N) is 1. The van der Waals surface area contributed by atoms with Crippen LogP contribution in [0.3, 0.4) is 0 Å². The first kappa shape index (κ1) is 14.9. The lowest BCUT2D eigenvalue weighted by molar-refractivity contribution is 0.152. The Morgan fingerprint density at radius 3 is 2.95 bits per heavy atom. The van der Waals surface area contributed by atoms with Gasteiger partial charge in [0.1, 0.15) is 5.75 Å². The van der Waals surface area contributed by atoms with Crippen molar-refractivity contribution in [2.24, 2.45) is 5.73 Å². The van der Waals surface area contributed by atoms with Crippen molar-refractivity contribution < 1.29 is 4.74 Å². The lowest BCUT2D eigenvalue weighted by Crippen LogP contribution is -2.36. The van der Waals surface area contributed by atoms with Crippen molar-refractivity contribution in [1.82, 2.24) is 4.90 Å². The summed E-state index contributed by atoms with van der Waals surface area (Å²) >= 11 is 0. The fourth-order valence-electron chi connectivity index (χ4n) is 2.72. The Bertz CT molecular complexity index is 501. The van der Waals surface area contributed by atoms with E-state index in [-0.39, 0.29) is 0 Å². The molecule has 0 amide bonds. The number of hydrogen-bond donors (Lipinski definition) is 1. The smallest absolute Gasteiger partial charge is 0.134 e. The molecule has 0 saturated carbocycles. The average Bonchev–Trinajstić information content (AvgIpc) is 2.47. The molecule has 0 aliphatic carbocycles. The number of methoxy groups -OCH3 is 1. The van der Waals surface area contributed by atoms with Crippen LogP contribution in [0.5, 0.6) is 5.75 Å². The van der Waals surface area contributed by atoms with Crippen molar-refractivity contribution in [2.75, 3.05) is 20.2 Å².